The topological polar surface area (TPSA) is 86.3 Å². The van der Waals surface area contributed by atoms with E-state index >= 15 is 0 Å². The van der Waals surface area contributed by atoms with Gasteiger partial charge in [-0.15, -0.1) is 0 Å². The number of nitrogens with one attached hydrogen (secondary N) is 1. The molecular formula is C59H122N2O6Si2. The summed E-state index contributed by atoms with van der Waals surface area (Å²) in [6.45, 7) is 34.5. The first-order valence-electron chi connectivity index (χ1n) is 29.8. The number of hydrogen-bond acceptors (Lipinski definition) is 8. The van der Waals surface area contributed by atoms with Crippen molar-refractivity contribution in [3.05, 3.63) is 0 Å². The lowest BCUT2D eigenvalue weighted by molar-refractivity contribution is -0.150. The van der Waals surface area contributed by atoms with Crippen LogP contribution < -0.4 is 5.32 Å². The number of carbonyl (C=O) groups excluding carboxylic acids is 2. The van der Waals surface area contributed by atoms with E-state index < -0.39 is 16.6 Å². The van der Waals surface area contributed by atoms with Crippen LogP contribution in [0.25, 0.3) is 0 Å². The molecule has 0 aromatic rings. The van der Waals surface area contributed by atoms with Crippen LogP contribution in [0.2, 0.25) is 36.3 Å². The second kappa shape index (κ2) is 41.6. The third kappa shape index (κ3) is 37.6. The normalized spacial score (nSPS) is 13.7. The summed E-state index contributed by atoms with van der Waals surface area (Å²) in [7, 11) is -2.14. The third-order valence-electron chi connectivity index (χ3n) is 15.5. The number of ether oxygens (including phenoxy) is 2. The summed E-state index contributed by atoms with van der Waals surface area (Å²) in [6, 6.07) is 0. The lowest BCUT2D eigenvalue weighted by Gasteiger charge is -2.42. The van der Waals surface area contributed by atoms with Crippen LogP contribution in [0.3, 0.4) is 0 Å². The second-order valence-corrected chi connectivity index (χ2v) is 33.8. The minimum Gasteiger partial charge on any atom is -0.466 e. The quantitative estimate of drug-likeness (QED) is 0.0367. The van der Waals surface area contributed by atoms with Gasteiger partial charge in [0, 0.05) is 25.9 Å². The molecule has 0 aliphatic rings. The molecule has 0 heterocycles. The van der Waals surface area contributed by atoms with E-state index in [1.165, 1.54) is 109 Å². The van der Waals surface area contributed by atoms with Crippen molar-refractivity contribution < 1.29 is 27.9 Å². The van der Waals surface area contributed by atoms with Crippen molar-refractivity contribution in [3.8, 4) is 0 Å². The molecule has 0 aliphatic carbocycles. The van der Waals surface area contributed by atoms with E-state index in [1.807, 2.05) is 7.05 Å². The van der Waals surface area contributed by atoms with Gasteiger partial charge < -0.3 is 23.6 Å². The number of rotatable bonds is 48. The van der Waals surface area contributed by atoms with Crippen LogP contribution >= 0.6 is 0 Å². The van der Waals surface area contributed by atoms with Crippen molar-refractivity contribution in [3.63, 3.8) is 0 Å². The minimum absolute atomic E-state index is 0.00128. The maximum atomic E-state index is 13.3. The molecule has 0 saturated heterocycles. The van der Waals surface area contributed by atoms with Gasteiger partial charge in [0.15, 0.2) is 16.6 Å². The van der Waals surface area contributed by atoms with E-state index in [0.717, 1.165) is 116 Å². The monoisotopic (exact) mass is 1010 g/mol. The van der Waals surface area contributed by atoms with Crippen molar-refractivity contribution in [2.24, 2.45) is 0 Å². The van der Waals surface area contributed by atoms with E-state index in [0.29, 0.717) is 19.4 Å². The molecule has 8 nitrogen and oxygen atoms in total. The predicted octanol–water partition coefficient (Wildman–Crippen LogP) is 17.7. The third-order valence-corrected chi connectivity index (χ3v) is 24.6. The summed E-state index contributed by atoms with van der Waals surface area (Å²) in [4.78, 5) is 28.9. The summed E-state index contributed by atoms with van der Waals surface area (Å²) < 4.78 is 26.5. The van der Waals surface area contributed by atoms with E-state index in [9.17, 15) is 9.59 Å². The zero-order valence-corrected chi connectivity index (χ0v) is 51.0. The Hall–Kier alpha value is -0.786. The van der Waals surface area contributed by atoms with Crippen LogP contribution in [0.4, 0.5) is 0 Å². The van der Waals surface area contributed by atoms with Gasteiger partial charge in [0.1, 0.15) is 6.10 Å². The molecule has 10 heteroatoms. The summed E-state index contributed by atoms with van der Waals surface area (Å²) in [6.07, 6.45) is 37.4. The smallest absolute Gasteiger partial charge is 0.306 e. The van der Waals surface area contributed by atoms with Gasteiger partial charge in [0.25, 0.3) is 0 Å². The van der Waals surface area contributed by atoms with Crippen LogP contribution in [0.15, 0.2) is 0 Å². The summed E-state index contributed by atoms with van der Waals surface area (Å²) in [5.41, 5.74) is 0. The van der Waals surface area contributed by atoms with Crippen molar-refractivity contribution in [1.29, 1.82) is 0 Å². The highest BCUT2D eigenvalue weighted by Gasteiger charge is 2.41. The Morgan fingerprint density at radius 2 is 0.841 bits per heavy atom. The summed E-state index contributed by atoms with van der Waals surface area (Å²) in [5.74, 6) is -0.0690. The van der Waals surface area contributed by atoms with Gasteiger partial charge in [-0.25, -0.2) is 0 Å². The Morgan fingerprint density at radius 3 is 1.28 bits per heavy atom. The molecule has 69 heavy (non-hydrogen) atoms. The molecule has 0 fully saturated rings. The molecular weight excluding hydrogens is 889 g/mol. The van der Waals surface area contributed by atoms with Gasteiger partial charge in [-0.2, -0.15) is 0 Å². The van der Waals surface area contributed by atoms with E-state index in [-0.39, 0.29) is 40.3 Å². The Labute approximate surface area is 433 Å². The van der Waals surface area contributed by atoms with Crippen LogP contribution in [0.1, 0.15) is 274 Å². The molecule has 2 unspecified atom stereocenters. The number of carbonyl (C=O) groups is 2. The van der Waals surface area contributed by atoms with Crippen molar-refractivity contribution in [1.82, 2.24) is 10.2 Å². The predicted molar refractivity (Wildman–Crippen MR) is 305 cm³/mol. The van der Waals surface area contributed by atoms with Crippen molar-refractivity contribution in [2.75, 3.05) is 39.8 Å². The fourth-order valence-electron chi connectivity index (χ4n) is 8.81. The summed E-state index contributed by atoms with van der Waals surface area (Å²) in [5, 5.41) is 3.54. The van der Waals surface area contributed by atoms with Crippen LogP contribution in [-0.4, -0.2) is 91.6 Å². The molecule has 0 spiro atoms. The lowest BCUT2D eigenvalue weighted by Crippen LogP contribution is -2.50. The molecule has 0 bridgehead atoms. The standard InChI is InChI=1S/C59H122N2O6Si2/c1-15-18-21-24-27-28-29-32-40-50-64-56(62)47-41-45-55(67-69(13,14)59(7,8)9)52-61(49-39-38-48-60-10)51-54(66-68(11,12)58(4,5)6)44-36-33-37-46-57(63)65-53(42-34-30-25-22-19-16-2)43-35-31-26-23-20-17-3/h53-55,60H,15-52H2,1-14H3. The molecule has 0 amide bonds. The highest BCUT2D eigenvalue weighted by Crippen LogP contribution is 2.39. The fourth-order valence-corrected chi connectivity index (χ4v) is 11.6. The van der Waals surface area contributed by atoms with E-state index in [4.69, 9.17) is 18.3 Å². The number of unbranched alkanes of at least 4 members (excludes halogenated alkanes) is 21. The Morgan fingerprint density at radius 1 is 0.464 bits per heavy atom. The van der Waals surface area contributed by atoms with Crippen LogP contribution in [0.5, 0.6) is 0 Å². The van der Waals surface area contributed by atoms with E-state index in [2.05, 4.69) is 98.7 Å². The second-order valence-electron chi connectivity index (χ2n) is 24.3. The Bertz CT molecular complexity index is 1190. The number of nitrogens with zero attached hydrogens (tertiary/aromatic N) is 1. The van der Waals surface area contributed by atoms with Gasteiger partial charge in [-0.3, -0.25) is 14.5 Å². The van der Waals surface area contributed by atoms with Gasteiger partial charge >= 0.3 is 11.9 Å². The van der Waals surface area contributed by atoms with E-state index in [1.54, 1.807) is 0 Å². The number of hydrogen-bond donors (Lipinski definition) is 1. The molecule has 2 atom stereocenters. The zero-order chi connectivity index (χ0) is 51.9. The molecule has 0 saturated carbocycles. The molecule has 0 radical (unpaired) electrons. The molecule has 0 aliphatic heterocycles. The average Bonchev–Trinajstić information content (AvgIpc) is 3.26. The molecule has 412 valence electrons. The summed E-state index contributed by atoms with van der Waals surface area (Å²) >= 11 is 0. The maximum absolute atomic E-state index is 13.3. The van der Waals surface area contributed by atoms with Crippen LogP contribution in [-0.2, 0) is 27.9 Å². The highest BCUT2D eigenvalue weighted by atomic mass is 28.4. The maximum Gasteiger partial charge on any atom is 0.306 e. The molecule has 0 aromatic carbocycles. The van der Waals surface area contributed by atoms with Gasteiger partial charge in [0.2, 0.25) is 0 Å². The average molecular weight is 1010 g/mol. The Kier molecular flexibility index (Phi) is 41.1. The first-order valence-corrected chi connectivity index (χ1v) is 35.6. The zero-order valence-electron chi connectivity index (χ0n) is 49.0. The van der Waals surface area contributed by atoms with Gasteiger partial charge in [-0.05, 0) is 127 Å². The first kappa shape index (κ1) is 68.2. The lowest BCUT2D eigenvalue weighted by atomic mass is 10.0. The highest BCUT2D eigenvalue weighted by molar-refractivity contribution is 6.74. The van der Waals surface area contributed by atoms with Gasteiger partial charge in [0.05, 0.1) is 18.8 Å². The molecule has 0 rings (SSSR count). The minimum atomic E-state index is -2.10. The largest absolute Gasteiger partial charge is 0.466 e. The van der Waals surface area contributed by atoms with Crippen molar-refractivity contribution in [2.45, 2.75) is 329 Å². The Balaban J connectivity index is 5.80. The van der Waals surface area contributed by atoms with Crippen LogP contribution in [0, 0.1) is 0 Å². The fraction of sp³-hybridized carbons (Fsp3) is 0.966. The number of esters is 2. The SMILES string of the molecule is CCCCCCCCCCCOC(=O)CCCC(CN(CCCCNC)CC(CCCCCC(=O)OC(CCCCCCCC)CCCCCCCC)O[Si](C)(C)C(C)(C)C)O[Si](C)(C)C(C)(C)C. The first-order chi connectivity index (χ1) is 32.7. The molecule has 1 N–H and O–H groups in total. The van der Waals surface area contributed by atoms with Gasteiger partial charge in [-0.1, -0.05) is 191 Å². The van der Waals surface area contributed by atoms with Crippen molar-refractivity contribution >= 4 is 28.6 Å². The molecule has 0 aromatic heterocycles.